The number of rotatable bonds is 6. The summed E-state index contributed by atoms with van der Waals surface area (Å²) in [6.45, 7) is 5.55. The number of pyridine rings is 3. The predicted octanol–water partition coefficient (Wildman–Crippen LogP) is 4.94. The average Bonchev–Trinajstić information content (AvgIpc) is 3.24. The van der Waals surface area contributed by atoms with Crippen LogP contribution >= 0.6 is 11.6 Å². The molecule has 0 fully saturated rings. The number of aromatic amines is 1. The lowest BCUT2D eigenvalue weighted by molar-refractivity contribution is 0.0523. The normalized spacial score (nSPS) is 11.3. The molecule has 0 atom stereocenters. The molecule has 4 rings (SSSR count). The molecule has 35 heavy (non-hydrogen) atoms. The molecule has 0 aromatic carbocycles. The third-order valence-corrected chi connectivity index (χ3v) is 5.20. The maximum Gasteiger partial charge on any atom is 0.407 e. The number of hydrogen-bond donors (Lipinski definition) is 2. The number of fused-ring (bicyclic) bond motifs is 1. The van der Waals surface area contributed by atoms with Crippen LogP contribution in [0, 0.1) is 0 Å². The second-order valence-corrected chi connectivity index (χ2v) is 9.17. The number of halogens is 1. The van der Waals surface area contributed by atoms with Gasteiger partial charge in [-0.2, -0.15) is 0 Å². The van der Waals surface area contributed by atoms with Crippen molar-refractivity contribution in [2.45, 2.75) is 32.9 Å². The Bertz CT molecular complexity index is 1390. The van der Waals surface area contributed by atoms with E-state index in [-0.39, 0.29) is 12.3 Å². The van der Waals surface area contributed by atoms with Gasteiger partial charge in [0.25, 0.3) is 0 Å². The summed E-state index contributed by atoms with van der Waals surface area (Å²) in [5.74, 6) is 0.177. The first kappa shape index (κ1) is 24.2. The van der Waals surface area contributed by atoms with Gasteiger partial charge in [-0.05, 0) is 50.6 Å². The highest BCUT2D eigenvalue weighted by atomic mass is 35.5. The van der Waals surface area contributed by atoms with E-state index >= 15 is 0 Å². The number of H-pyrrole nitrogens is 1. The fourth-order valence-corrected chi connectivity index (χ4v) is 3.58. The van der Waals surface area contributed by atoms with Crippen molar-refractivity contribution < 1.29 is 19.1 Å². The molecule has 0 saturated heterocycles. The Labute approximate surface area is 206 Å². The Morgan fingerprint density at radius 2 is 1.91 bits per heavy atom. The minimum Gasteiger partial charge on any atom is -0.481 e. The highest BCUT2D eigenvalue weighted by Gasteiger charge is 2.19. The molecule has 0 saturated carbocycles. The van der Waals surface area contributed by atoms with E-state index in [9.17, 15) is 9.59 Å². The number of hydrogen-bond acceptors (Lipinski definition) is 7. The van der Waals surface area contributed by atoms with Gasteiger partial charge in [-0.1, -0.05) is 11.6 Å². The van der Waals surface area contributed by atoms with E-state index in [4.69, 9.17) is 21.1 Å². The maximum atomic E-state index is 13.1. The Kier molecular flexibility index (Phi) is 6.70. The van der Waals surface area contributed by atoms with Crippen LogP contribution in [0.4, 0.5) is 4.79 Å². The third kappa shape index (κ3) is 5.58. The molecular formula is C25H24ClN5O4. The van der Waals surface area contributed by atoms with Gasteiger partial charge in [0.2, 0.25) is 5.88 Å². The Morgan fingerprint density at radius 1 is 1.11 bits per heavy atom. The van der Waals surface area contributed by atoms with Gasteiger partial charge in [0, 0.05) is 47.7 Å². The van der Waals surface area contributed by atoms with Gasteiger partial charge in [0.05, 0.1) is 23.5 Å². The van der Waals surface area contributed by atoms with Crippen LogP contribution in [0.2, 0.25) is 5.02 Å². The quantitative estimate of drug-likeness (QED) is 0.365. The molecule has 10 heteroatoms. The molecule has 180 valence electrons. The van der Waals surface area contributed by atoms with Crippen LogP contribution in [-0.2, 0) is 11.3 Å². The van der Waals surface area contributed by atoms with E-state index in [1.165, 1.54) is 19.5 Å². The Morgan fingerprint density at radius 3 is 2.60 bits per heavy atom. The van der Waals surface area contributed by atoms with Crippen molar-refractivity contribution in [2.24, 2.45) is 0 Å². The molecule has 0 aliphatic carbocycles. The van der Waals surface area contributed by atoms with Crippen LogP contribution in [0.3, 0.4) is 0 Å². The number of ether oxygens (including phenoxy) is 2. The molecule has 0 aliphatic heterocycles. The van der Waals surface area contributed by atoms with Crippen LogP contribution in [0.5, 0.6) is 5.88 Å². The monoisotopic (exact) mass is 493 g/mol. The number of aromatic nitrogens is 4. The smallest absolute Gasteiger partial charge is 0.407 e. The summed E-state index contributed by atoms with van der Waals surface area (Å²) in [7, 11) is 1.52. The molecule has 4 heterocycles. The van der Waals surface area contributed by atoms with Gasteiger partial charge in [0.15, 0.2) is 5.78 Å². The molecule has 0 radical (unpaired) electrons. The van der Waals surface area contributed by atoms with E-state index in [0.29, 0.717) is 50.0 Å². The lowest BCUT2D eigenvalue weighted by Gasteiger charge is -2.20. The molecule has 4 aromatic rings. The molecule has 1 amide bonds. The number of nitrogens with zero attached hydrogens (tertiary/aromatic N) is 3. The summed E-state index contributed by atoms with van der Waals surface area (Å²) < 4.78 is 10.6. The topological polar surface area (TPSA) is 119 Å². The first-order valence-electron chi connectivity index (χ1n) is 10.8. The second kappa shape index (κ2) is 9.71. The van der Waals surface area contributed by atoms with Gasteiger partial charge in [0.1, 0.15) is 11.2 Å². The zero-order valence-electron chi connectivity index (χ0n) is 19.7. The lowest BCUT2D eigenvalue weighted by atomic mass is 10.0. The predicted molar refractivity (Wildman–Crippen MR) is 132 cm³/mol. The molecular weight excluding hydrogens is 470 g/mol. The van der Waals surface area contributed by atoms with Crippen LogP contribution in [0.1, 0.15) is 42.3 Å². The summed E-state index contributed by atoms with van der Waals surface area (Å²) >= 11 is 6.05. The summed E-state index contributed by atoms with van der Waals surface area (Å²) in [4.78, 5) is 41.4. The average molecular weight is 494 g/mol. The van der Waals surface area contributed by atoms with Crippen molar-refractivity contribution in [1.29, 1.82) is 0 Å². The fourth-order valence-electron chi connectivity index (χ4n) is 3.42. The maximum absolute atomic E-state index is 13.1. The first-order valence-corrected chi connectivity index (χ1v) is 11.2. The van der Waals surface area contributed by atoms with Crippen LogP contribution < -0.4 is 10.1 Å². The summed E-state index contributed by atoms with van der Waals surface area (Å²) in [6.07, 6.45) is 4.07. The molecule has 4 aromatic heterocycles. The zero-order valence-corrected chi connectivity index (χ0v) is 20.4. The zero-order chi connectivity index (χ0) is 25.2. The van der Waals surface area contributed by atoms with Crippen LogP contribution in [0.15, 0.2) is 48.9 Å². The highest BCUT2D eigenvalue weighted by Crippen LogP contribution is 2.26. The minimum atomic E-state index is -0.610. The second-order valence-electron chi connectivity index (χ2n) is 8.73. The lowest BCUT2D eigenvalue weighted by Crippen LogP contribution is -2.32. The van der Waals surface area contributed by atoms with Crippen LogP contribution in [-0.4, -0.2) is 44.5 Å². The fraction of sp³-hybridized carbons (Fsp3) is 0.240. The van der Waals surface area contributed by atoms with Crippen molar-refractivity contribution >= 4 is 34.5 Å². The summed E-state index contributed by atoms with van der Waals surface area (Å²) in [5.41, 5.74) is 2.55. The van der Waals surface area contributed by atoms with Gasteiger partial charge in [-0.25, -0.2) is 14.8 Å². The largest absolute Gasteiger partial charge is 0.481 e. The molecule has 0 spiro atoms. The van der Waals surface area contributed by atoms with Crippen LogP contribution in [0.25, 0.3) is 22.4 Å². The summed E-state index contributed by atoms with van der Waals surface area (Å²) in [5, 5.41) is 3.81. The molecule has 0 aliphatic rings. The molecule has 2 N–H and O–H groups in total. The highest BCUT2D eigenvalue weighted by molar-refractivity contribution is 6.31. The standard InChI is InChI=1S/C25H24ClN5O4/c1-25(2,3)35-24(33)30-10-14-6-8-20(34-4)31-21(14)19-7-5-15(11-27-19)22(32)18-13-29-23-17(18)9-16(26)12-28-23/h5-9,11-13H,10H2,1-4H3,(H,28,29)(H,30,33). The van der Waals surface area contributed by atoms with E-state index in [0.717, 1.165) is 0 Å². The number of amides is 1. The Hall–Kier alpha value is -3.98. The van der Waals surface area contributed by atoms with Crippen molar-refractivity contribution in [3.63, 3.8) is 0 Å². The molecule has 0 unspecified atom stereocenters. The third-order valence-electron chi connectivity index (χ3n) is 5.00. The van der Waals surface area contributed by atoms with Crippen molar-refractivity contribution in [3.05, 3.63) is 70.6 Å². The number of alkyl carbamates (subject to hydrolysis) is 1. The van der Waals surface area contributed by atoms with Gasteiger partial charge >= 0.3 is 6.09 Å². The summed E-state index contributed by atoms with van der Waals surface area (Å²) in [6, 6.07) is 8.56. The molecule has 0 bridgehead atoms. The van der Waals surface area contributed by atoms with E-state index in [1.807, 2.05) is 0 Å². The number of carbonyl (C=O) groups is 2. The SMILES string of the molecule is COc1ccc(CNC(=O)OC(C)(C)C)c(-c2ccc(C(=O)c3c[nH]c4ncc(Cl)cc34)cn2)n1. The van der Waals surface area contributed by atoms with E-state index < -0.39 is 11.7 Å². The van der Waals surface area contributed by atoms with Gasteiger partial charge in [-0.3, -0.25) is 9.78 Å². The van der Waals surface area contributed by atoms with Crippen molar-refractivity contribution in [3.8, 4) is 17.3 Å². The number of nitrogens with one attached hydrogen (secondary N) is 2. The number of methoxy groups -OCH3 is 1. The van der Waals surface area contributed by atoms with E-state index in [2.05, 4.69) is 25.3 Å². The van der Waals surface area contributed by atoms with Gasteiger partial charge in [-0.15, -0.1) is 0 Å². The molecule has 9 nitrogen and oxygen atoms in total. The first-order chi connectivity index (χ1) is 16.6. The van der Waals surface area contributed by atoms with Crippen molar-refractivity contribution in [2.75, 3.05) is 7.11 Å². The number of carbonyl (C=O) groups excluding carboxylic acids is 2. The van der Waals surface area contributed by atoms with Crippen molar-refractivity contribution in [1.82, 2.24) is 25.3 Å². The van der Waals surface area contributed by atoms with E-state index in [1.54, 1.807) is 57.3 Å². The van der Waals surface area contributed by atoms with Gasteiger partial charge < -0.3 is 19.8 Å². The minimum absolute atomic E-state index is 0.173. The Balaban J connectivity index is 1.60. The number of ketones is 1.